The van der Waals surface area contributed by atoms with Gasteiger partial charge in [0.2, 0.25) is 11.4 Å². The zero-order chi connectivity index (χ0) is 18.8. The normalized spacial score (nSPS) is 13.4. The first kappa shape index (κ1) is 19.8. The number of anilines is 2. The second-order valence-electron chi connectivity index (χ2n) is 6.58. The van der Waals surface area contributed by atoms with Crippen molar-refractivity contribution in [3.8, 4) is 0 Å². The molecule has 146 valence electrons. The molecule has 0 aliphatic carbocycles. The number of nitrogens with one attached hydrogen (secondary N) is 1. The summed E-state index contributed by atoms with van der Waals surface area (Å²) in [5, 5.41) is 3.13. The number of fused-ring (bicyclic) bond motifs is 1. The molecule has 0 radical (unpaired) electrons. The Kier molecular flexibility index (Phi) is 5.94. The van der Waals surface area contributed by atoms with E-state index in [-0.39, 0.29) is 23.4 Å². The number of nitrogens with zero attached hydrogens (tertiary/aromatic N) is 4. The lowest BCUT2D eigenvalue weighted by molar-refractivity contribution is 0.102. The van der Waals surface area contributed by atoms with E-state index < -0.39 is 5.91 Å². The average molecular weight is 400 g/mol. The maximum absolute atomic E-state index is 12.9. The lowest BCUT2D eigenvalue weighted by Crippen LogP contribution is -2.26. The van der Waals surface area contributed by atoms with Gasteiger partial charge in [-0.15, -0.1) is 12.4 Å². The summed E-state index contributed by atoms with van der Waals surface area (Å²) in [6.07, 6.45) is 5.38. The molecule has 3 heterocycles. The molecule has 28 heavy (non-hydrogen) atoms. The van der Waals surface area contributed by atoms with Crippen molar-refractivity contribution < 1.29 is 4.79 Å². The standard InChI is InChI=1S/C20H21N5O2.ClH/c1-2-24-13-16(19(27)22-14-8-4-3-5-9-14)17(26)15-12-21-20(23-18(15)24)25-10-6-7-11-25;/h3-5,8-9,12-13H,2,6-7,10-11H2,1H3,(H,22,27);1H. The van der Waals surface area contributed by atoms with E-state index in [1.165, 1.54) is 0 Å². The number of carbonyl (C=O) groups is 1. The molecule has 3 aromatic rings. The molecule has 1 N–H and O–H groups in total. The van der Waals surface area contributed by atoms with Crippen LogP contribution in [0.3, 0.4) is 0 Å². The average Bonchev–Trinajstić information content (AvgIpc) is 3.23. The van der Waals surface area contributed by atoms with E-state index in [1.807, 2.05) is 29.7 Å². The Bertz CT molecular complexity index is 1050. The van der Waals surface area contributed by atoms with Crippen LogP contribution in [0.25, 0.3) is 11.0 Å². The Hall–Kier alpha value is -2.93. The van der Waals surface area contributed by atoms with Crippen molar-refractivity contribution in [1.82, 2.24) is 14.5 Å². The molecule has 1 fully saturated rings. The molecule has 1 aliphatic heterocycles. The number of hydrogen-bond donors (Lipinski definition) is 1. The molecule has 1 aromatic carbocycles. The molecule has 1 amide bonds. The number of rotatable bonds is 4. The van der Waals surface area contributed by atoms with Crippen molar-refractivity contribution in [2.45, 2.75) is 26.3 Å². The summed E-state index contributed by atoms with van der Waals surface area (Å²) in [4.78, 5) is 36.7. The summed E-state index contributed by atoms with van der Waals surface area (Å²) in [5.41, 5.74) is 0.947. The predicted octanol–water partition coefficient (Wildman–Crippen LogP) is 3.09. The molecule has 0 unspecified atom stereocenters. The van der Waals surface area contributed by atoms with E-state index in [0.29, 0.717) is 29.2 Å². The van der Waals surface area contributed by atoms with Crippen LogP contribution in [0, 0.1) is 0 Å². The second-order valence-corrected chi connectivity index (χ2v) is 6.58. The van der Waals surface area contributed by atoms with Crippen molar-refractivity contribution in [2.75, 3.05) is 23.3 Å². The highest BCUT2D eigenvalue weighted by Crippen LogP contribution is 2.18. The SMILES string of the molecule is CCn1cc(C(=O)Nc2ccccc2)c(=O)c2cnc(N3CCCC3)nc21.Cl. The highest BCUT2D eigenvalue weighted by Gasteiger charge is 2.20. The number of benzene rings is 1. The lowest BCUT2D eigenvalue weighted by atomic mass is 10.2. The minimum absolute atomic E-state index is 0. The van der Waals surface area contributed by atoms with E-state index in [9.17, 15) is 9.59 Å². The first-order valence-corrected chi connectivity index (χ1v) is 9.19. The summed E-state index contributed by atoms with van der Waals surface area (Å²) in [6, 6.07) is 9.08. The maximum atomic E-state index is 12.9. The van der Waals surface area contributed by atoms with E-state index in [2.05, 4.69) is 20.2 Å². The number of para-hydroxylation sites is 1. The molecule has 0 saturated carbocycles. The highest BCUT2D eigenvalue weighted by atomic mass is 35.5. The lowest BCUT2D eigenvalue weighted by Gasteiger charge is -2.17. The van der Waals surface area contributed by atoms with Gasteiger partial charge in [-0.05, 0) is 31.9 Å². The second kappa shape index (κ2) is 8.39. The van der Waals surface area contributed by atoms with Crippen molar-refractivity contribution >= 4 is 41.0 Å². The van der Waals surface area contributed by atoms with E-state index in [0.717, 1.165) is 25.9 Å². The van der Waals surface area contributed by atoms with Crippen LogP contribution in [0.1, 0.15) is 30.1 Å². The van der Waals surface area contributed by atoms with Crippen molar-refractivity contribution in [1.29, 1.82) is 0 Å². The third-order valence-corrected chi connectivity index (χ3v) is 4.81. The largest absolute Gasteiger partial charge is 0.341 e. The topological polar surface area (TPSA) is 80.1 Å². The molecule has 0 atom stereocenters. The molecule has 1 saturated heterocycles. The van der Waals surface area contributed by atoms with Crippen molar-refractivity contribution in [3.63, 3.8) is 0 Å². The number of hydrogen-bond acceptors (Lipinski definition) is 5. The Labute approximate surface area is 168 Å². The van der Waals surface area contributed by atoms with E-state index in [1.54, 1.807) is 24.5 Å². The molecule has 0 spiro atoms. The quantitative estimate of drug-likeness (QED) is 0.729. The van der Waals surface area contributed by atoms with Gasteiger partial charge in [0.25, 0.3) is 5.91 Å². The van der Waals surface area contributed by atoms with Crippen LogP contribution in [0.15, 0.2) is 47.5 Å². The molecule has 2 aromatic heterocycles. The molecular weight excluding hydrogens is 378 g/mol. The fourth-order valence-corrected chi connectivity index (χ4v) is 3.36. The molecule has 8 heteroatoms. The fraction of sp³-hybridized carbons (Fsp3) is 0.300. The number of carbonyl (C=O) groups excluding carboxylic acids is 1. The van der Waals surface area contributed by atoms with Crippen LogP contribution in [-0.4, -0.2) is 33.5 Å². The predicted molar refractivity (Wildman–Crippen MR) is 113 cm³/mol. The zero-order valence-electron chi connectivity index (χ0n) is 15.6. The Morgan fingerprint density at radius 2 is 1.89 bits per heavy atom. The number of aryl methyl sites for hydroxylation is 1. The Balaban J connectivity index is 0.00000225. The van der Waals surface area contributed by atoms with Gasteiger partial charge in [0, 0.05) is 37.7 Å². The van der Waals surface area contributed by atoms with Gasteiger partial charge in [0.05, 0.1) is 5.39 Å². The fourth-order valence-electron chi connectivity index (χ4n) is 3.36. The highest BCUT2D eigenvalue weighted by molar-refractivity contribution is 6.05. The number of halogens is 1. The molecule has 1 aliphatic rings. The number of aromatic nitrogens is 3. The zero-order valence-corrected chi connectivity index (χ0v) is 16.4. The first-order valence-electron chi connectivity index (χ1n) is 9.19. The maximum Gasteiger partial charge on any atom is 0.261 e. The van der Waals surface area contributed by atoms with Crippen LogP contribution < -0.4 is 15.6 Å². The van der Waals surface area contributed by atoms with Crippen LogP contribution >= 0.6 is 12.4 Å². The molecule has 0 bridgehead atoms. The minimum Gasteiger partial charge on any atom is -0.341 e. The molecule has 4 rings (SSSR count). The summed E-state index contributed by atoms with van der Waals surface area (Å²) in [5.74, 6) is 0.210. The first-order chi connectivity index (χ1) is 13.2. The monoisotopic (exact) mass is 399 g/mol. The third-order valence-electron chi connectivity index (χ3n) is 4.81. The Morgan fingerprint density at radius 1 is 1.18 bits per heavy atom. The van der Waals surface area contributed by atoms with Gasteiger partial charge in [-0.2, -0.15) is 4.98 Å². The third kappa shape index (κ3) is 3.71. The molecule has 7 nitrogen and oxygen atoms in total. The van der Waals surface area contributed by atoms with Crippen LogP contribution in [-0.2, 0) is 6.54 Å². The minimum atomic E-state index is -0.432. The van der Waals surface area contributed by atoms with Crippen molar-refractivity contribution in [3.05, 3.63) is 58.5 Å². The van der Waals surface area contributed by atoms with Gasteiger partial charge in [-0.1, -0.05) is 18.2 Å². The van der Waals surface area contributed by atoms with E-state index >= 15 is 0 Å². The van der Waals surface area contributed by atoms with Crippen LogP contribution in [0.5, 0.6) is 0 Å². The summed E-state index contributed by atoms with van der Waals surface area (Å²) < 4.78 is 1.83. The van der Waals surface area contributed by atoms with Gasteiger partial charge in [0.15, 0.2) is 0 Å². The smallest absolute Gasteiger partial charge is 0.261 e. The van der Waals surface area contributed by atoms with Gasteiger partial charge < -0.3 is 14.8 Å². The van der Waals surface area contributed by atoms with Crippen molar-refractivity contribution in [2.24, 2.45) is 0 Å². The Morgan fingerprint density at radius 3 is 2.57 bits per heavy atom. The van der Waals surface area contributed by atoms with Gasteiger partial charge >= 0.3 is 0 Å². The van der Waals surface area contributed by atoms with Gasteiger partial charge in [0.1, 0.15) is 11.2 Å². The summed E-state index contributed by atoms with van der Waals surface area (Å²) in [7, 11) is 0. The molecular formula is C20H22ClN5O2. The van der Waals surface area contributed by atoms with E-state index in [4.69, 9.17) is 0 Å². The van der Waals surface area contributed by atoms with Crippen LogP contribution in [0.2, 0.25) is 0 Å². The van der Waals surface area contributed by atoms with Gasteiger partial charge in [-0.3, -0.25) is 9.59 Å². The summed E-state index contributed by atoms with van der Waals surface area (Å²) in [6.45, 7) is 4.41. The van der Waals surface area contributed by atoms with Gasteiger partial charge in [-0.25, -0.2) is 4.98 Å². The number of pyridine rings is 1. The van der Waals surface area contributed by atoms with Crippen LogP contribution in [0.4, 0.5) is 11.6 Å². The summed E-state index contributed by atoms with van der Waals surface area (Å²) >= 11 is 0. The number of amides is 1.